The lowest BCUT2D eigenvalue weighted by molar-refractivity contribution is 0.0600. The summed E-state index contributed by atoms with van der Waals surface area (Å²) in [7, 11) is 1.34. The number of halogens is 2. The Balaban J connectivity index is 1.76. The minimum absolute atomic E-state index is 0.391. The molecule has 0 aliphatic carbocycles. The number of fused-ring (bicyclic) bond motifs is 1. The molecule has 0 saturated carbocycles. The molecular weight excluding hydrogens is 411 g/mol. The largest absolute Gasteiger partial charge is 0.465 e. The van der Waals surface area contributed by atoms with Gasteiger partial charge in [-0.25, -0.2) is 9.78 Å². The number of ether oxygens (including phenoxy) is 2. The van der Waals surface area contributed by atoms with Crippen LogP contribution in [0.25, 0.3) is 22.3 Å². The van der Waals surface area contributed by atoms with Crippen LogP contribution in [0.5, 0.6) is 11.6 Å². The SMILES string of the molecule is COC(=O)c1ccc(Oc2nc(-c3ccc(Cl)c(Cl)c3)nc3ccccc23)cc1. The third-order valence-electron chi connectivity index (χ3n) is 4.24. The first-order chi connectivity index (χ1) is 14.0. The summed E-state index contributed by atoms with van der Waals surface area (Å²) in [5.41, 5.74) is 1.88. The molecule has 0 N–H and O–H groups in total. The number of hydrogen-bond donors (Lipinski definition) is 0. The topological polar surface area (TPSA) is 61.3 Å². The van der Waals surface area contributed by atoms with Gasteiger partial charge in [0.15, 0.2) is 5.82 Å². The van der Waals surface area contributed by atoms with Crippen molar-refractivity contribution in [1.29, 1.82) is 0 Å². The van der Waals surface area contributed by atoms with Crippen molar-refractivity contribution in [2.75, 3.05) is 7.11 Å². The summed E-state index contributed by atoms with van der Waals surface area (Å²) >= 11 is 12.2. The van der Waals surface area contributed by atoms with Gasteiger partial charge in [0, 0.05) is 5.56 Å². The molecule has 7 heteroatoms. The van der Waals surface area contributed by atoms with Crippen molar-refractivity contribution in [2.24, 2.45) is 0 Å². The van der Waals surface area contributed by atoms with Gasteiger partial charge in [0.05, 0.1) is 33.6 Å². The maximum Gasteiger partial charge on any atom is 0.337 e. The third kappa shape index (κ3) is 4.01. The maximum atomic E-state index is 11.6. The number of carbonyl (C=O) groups is 1. The first-order valence-corrected chi connectivity index (χ1v) is 9.39. The van der Waals surface area contributed by atoms with Gasteiger partial charge in [-0.2, -0.15) is 4.98 Å². The molecule has 4 aromatic rings. The highest BCUT2D eigenvalue weighted by molar-refractivity contribution is 6.42. The second-order valence-corrected chi connectivity index (χ2v) is 6.93. The van der Waals surface area contributed by atoms with Crippen molar-refractivity contribution in [3.8, 4) is 23.0 Å². The summed E-state index contributed by atoms with van der Waals surface area (Å²) in [5.74, 6) is 0.971. The van der Waals surface area contributed by atoms with Crippen LogP contribution in [-0.4, -0.2) is 23.0 Å². The van der Waals surface area contributed by atoms with Gasteiger partial charge >= 0.3 is 5.97 Å². The fourth-order valence-electron chi connectivity index (χ4n) is 2.78. The molecule has 0 spiro atoms. The highest BCUT2D eigenvalue weighted by Crippen LogP contribution is 2.32. The van der Waals surface area contributed by atoms with Gasteiger partial charge in [0.1, 0.15) is 5.75 Å². The first-order valence-electron chi connectivity index (χ1n) is 8.63. The number of aromatic nitrogens is 2. The summed E-state index contributed by atoms with van der Waals surface area (Å²) in [6, 6.07) is 19.4. The molecule has 29 heavy (non-hydrogen) atoms. The van der Waals surface area contributed by atoms with Crippen LogP contribution in [0.15, 0.2) is 66.7 Å². The Kier molecular flexibility index (Phi) is 5.34. The Bertz CT molecular complexity index is 1210. The summed E-state index contributed by atoms with van der Waals surface area (Å²) in [6.07, 6.45) is 0. The number of rotatable bonds is 4. The van der Waals surface area contributed by atoms with Crippen LogP contribution in [0.3, 0.4) is 0 Å². The molecule has 0 radical (unpaired) electrons. The lowest BCUT2D eigenvalue weighted by atomic mass is 10.2. The molecule has 1 heterocycles. The molecule has 0 bridgehead atoms. The van der Waals surface area contributed by atoms with E-state index in [2.05, 4.69) is 9.97 Å². The molecule has 0 saturated heterocycles. The van der Waals surface area contributed by atoms with E-state index in [1.54, 1.807) is 42.5 Å². The van der Waals surface area contributed by atoms with Crippen molar-refractivity contribution in [1.82, 2.24) is 9.97 Å². The standard InChI is InChI=1S/C22H14Cl2N2O3/c1-28-22(27)13-6-9-15(10-7-13)29-21-16-4-2-3-5-19(16)25-20(26-21)14-8-11-17(23)18(24)12-14/h2-12H,1H3. The zero-order valence-electron chi connectivity index (χ0n) is 15.2. The van der Waals surface area contributed by atoms with E-state index in [0.717, 1.165) is 16.5 Å². The van der Waals surface area contributed by atoms with E-state index in [0.29, 0.717) is 33.1 Å². The lowest BCUT2D eigenvalue weighted by Crippen LogP contribution is -2.00. The molecule has 0 fully saturated rings. The predicted octanol–water partition coefficient (Wildman–Crippen LogP) is 6.18. The summed E-state index contributed by atoms with van der Waals surface area (Å²) < 4.78 is 10.7. The van der Waals surface area contributed by atoms with Crippen LogP contribution >= 0.6 is 23.2 Å². The number of benzene rings is 3. The van der Waals surface area contributed by atoms with Crippen LogP contribution < -0.4 is 4.74 Å². The molecule has 3 aromatic carbocycles. The molecule has 0 amide bonds. The van der Waals surface area contributed by atoms with Gasteiger partial charge < -0.3 is 9.47 Å². The van der Waals surface area contributed by atoms with E-state index >= 15 is 0 Å². The summed E-state index contributed by atoms with van der Waals surface area (Å²) in [6.45, 7) is 0. The van der Waals surface area contributed by atoms with Crippen LogP contribution in [-0.2, 0) is 4.74 Å². The Hall–Kier alpha value is -3.15. The van der Waals surface area contributed by atoms with Crippen molar-refractivity contribution in [3.05, 3.63) is 82.3 Å². The fourth-order valence-corrected chi connectivity index (χ4v) is 3.08. The molecule has 144 valence electrons. The van der Waals surface area contributed by atoms with Crippen LogP contribution in [0, 0.1) is 0 Å². The Morgan fingerprint density at radius 3 is 2.38 bits per heavy atom. The molecule has 5 nitrogen and oxygen atoms in total. The highest BCUT2D eigenvalue weighted by Gasteiger charge is 2.13. The zero-order valence-corrected chi connectivity index (χ0v) is 16.7. The normalized spacial score (nSPS) is 10.7. The van der Waals surface area contributed by atoms with E-state index in [9.17, 15) is 4.79 Å². The fraction of sp³-hybridized carbons (Fsp3) is 0.0455. The molecule has 0 aliphatic rings. The number of carbonyl (C=O) groups excluding carboxylic acids is 1. The van der Waals surface area contributed by atoms with Gasteiger partial charge in [-0.05, 0) is 54.6 Å². The molecule has 0 unspecified atom stereocenters. The lowest BCUT2D eigenvalue weighted by Gasteiger charge is -2.11. The smallest absolute Gasteiger partial charge is 0.337 e. The van der Waals surface area contributed by atoms with Gasteiger partial charge in [0.25, 0.3) is 0 Å². The van der Waals surface area contributed by atoms with Gasteiger partial charge in [-0.15, -0.1) is 0 Å². The van der Waals surface area contributed by atoms with Crippen LogP contribution in [0.2, 0.25) is 10.0 Å². The molecule has 0 atom stereocenters. The van der Waals surface area contributed by atoms with Crippen molar-refractivity contribution in [3.63, 3.8) is 0 Å². The average molecular weight is 425 g/mol. The van der Waals surface area contributed by atoms with E-state index in [-0.39, 0.29) is 0 Å². The second-order valence-electron chi connectivity index (χ2n) is 6.12. The van der Waals surface area contributed by atoms with Crippen molar-refractivity contribution < 1.29 is 14.3 Å². The monoisotopic (exact) mass is 424 g/mol. The number of nitrogens with zero attached hydrogens (tertiary/aromatic N) is 2. The highest BCUT2D eigenvalue weighted by atomic mass is 35.5. The minimum Gasteiger partial charge on any atom is -0.465 e. The molecule has 4 rings (SSSR count). The predicted molar refractivity (Wildman–Crippen MR) is 113 cm³/mol. The second kappa shape index (κ2) is 8.07. The van der Waals surface area contributed by atoms with E-state index in [1.165, 1.54) is 7.11 Å². The minimum atomic E-state index is -0.411. The zero-order chi connectivity index (χ0) is 20.4. The van der Waals surface area contributed by atoms with E-state index in [4.69, 9.17) is 32.7 Å². The van der Waals surface area contributed by atoms with Crippen LogP contribution in [0.1, 0.15) is 10.4 Å². The number of esters is 1. The van der Waals surface area contributed by atoms with E-state index in [1.807, 2.05) is 24.3 Å². The molecular formula is C22H14Cl2N2O3. The third-order valence-corrected chi connectivity index (χ3v) is 4.98. The average Bonchev–Trinajstić information content (AvgIpc) is 2.75. The Labute approximate surface area is 176 Å². The number of methoxy groups -OCH3 is 1. The van der Waals surface area contributed by atoms with Gasteiger partial charge in [-0.3, -0.25) is 0 Å². The van der Waals surface area contributed by atoms with Gasteiger partial charge in [0.2, 0.25) is 5.88 Å². The van der Waals surface area contributed by atoms with Crippen LogP contribution in [0.4, 0.5) is 0 Å². The first kappa shape index (κ1) is 19.2. The maximum absolute atomic E-state index is 11.6. The summed E-state index contributed by atoms with van der Waals surface area (Å²) in [5, 5.41) is 1.63. The summed E-state index contributed by atoms with van der Waals surface area (Å²) in [4.78, 5) is 20.8. The Morgan fingerprint density at radius 2 is 1.66 bits per heavy atom. The van der Waals surface area contributed by atoms with E-state index < -0.39 is 5.97 Å². The van der Waals surface area contributed by atoms with Crippen molar-refractivity contribution >= 4 is 40.1 Å². The van der Waals surface area contributed by atoms with Crippen molar-refractivity contribution in [2.45, 2.75) is 0 Å². The molecule has 0 aliphatic heterocycles. The number of hydrogen-bond acceptors (Lipinski definition) is 5. The van der Waals surface area contributed by atoms with Gasteiger partial charge in [-0.1, -0.05) is 35.3 Å². The quantitative estimate of drug-likeness (QED) is 0.365. The number of para-hydroxylation sites is 1. The Morgan fingerprint density at radius 1 is 0.897 bits per heavy atom. The molecule has 1 aromatic heterocycles.